The predicted molar refractivity (Wildman–Crippen MR) is 85.4 cm³/mol. The molecular weight excluding hydrogens is 308 g/mol. The molecule has 0 aliphatic rings. The van der Waals surface area contributed by atoms with Gasteiger partial charge in [0, 0.05) is 16.2 Å². The van der Waals surface area contributed by atoms with Crippen molar-refractivity contribution in [2.75, 3.05) is 7.11 Å². The number of ether oxygens (including phenoxy) is 1. The molecule has 0 amide bonds. The number of methoxy groups -OCH3 is 1. The zero-order valence-electron chi connectivity index (χ0n) is 11.4. The summed E-state index contributed by atoms with van der Waals surface area (Å²) in [6, 6.07) is 12.8. The number of carbonyl (C=O) groups excluding carboxylic acids is 1. The molecule has 0 radical (unpaired) electrons. The lowest BCUT2D eigenvalue weighted by atomic mass is 10.1. The van der Waals surface area contributed by atoms with Crippen molar-refractivity contribution in [3.63, 3.8) is 0 Å². The first-order valence-corrected chi connectivity index (χ1v) is 6.88. The Morgan fingerprint density at radius 2 is 2.00 bits per heavy atom. The average Bonchev–Trinajstić information content (AvgIpc) is 2.94. The molecule has 1 aromatic heterocycles. The van der Waals surface area contributed by atoms with E-state index in [1.54, 1.807) is 23.5 Å². The molecule has 1 aromatic carbocycles. The van der Waals surface area contributed by atoms with Crippen LogP contribution in [0.3, 0.4) is 0 Å². The van der Waals surface area contributed by atoms with Gasteiger partial charge in [0.25, 0.3) is 0 Å². The molecule has 0 unspecified atom stereocenters. The molecule has 2 aromatic rings. The van der Waals surface area contributed by atoms with E-state index in [0.717, 1.165) is 15.3 Å². The van der Waals surface area contributed by atoms with E-state index in [4.69, 9.17) is 11.0 Å². The van der Waals surface area contributed by atoms with Crippen LogP contribution in [0.4, 0.5) is 0 Å². The molecule has 1 atom stereocenters. The summed E-state index contributed by atoms with van der Waals surface area (Å²) in [5, 5.41) is 8.77. The average molecular weight is 323 g/mol. The minimum atomic E-state index is -0.632. The van der Waals surface area contributed by atoms with Crippen LogP contribution in [0.5, 0.6) is 0 Å². The molecule has 0 bridgehead atoms. The lowest BCUT2D eigenvalue weighted by Gasteiger charge is -2.06. The fourth-order valence-electron chi connectivity index (χ4n) is 1.80. The number of benzene rings is 1. The van der Waals surface area contributed by atoms with Crippen molar-refractivity contribution in [3.05, 3.63) is 46.8 Å². The zero-order valence-corrected chi connectivity index (χ0v) is 13.0. The monoisotopic (exact) mass is 322 g/mol. The molecule has 110 valence electrons. The maximum atomic E-state index is 11.3. The fraction of sp³-hybridized carbons (Fsp3) is 0.200. The number of esters is 1. The van der Waals surface area contributed by atoms with Crippen molar-refractivity contribution in [2.45, 2.75) is 12.5 Å². The summed E-state index contributed by atoms with van der Waals surface area (Å²) in [6.45, 7) is 0. The van der Waals surface area contributed by atoms with Crippen LogP contribution in [0.2, 0.25) is 0 Å². The number of nitriles is 1. The van der Waals surface area contributed by atoms with Gasteiger partial charge in [-0.25, -0.2) is 0 Å². The van der Waals surface area contributed by atoms with E-state index in [9.17, 15) is 4.79 Å². The topological polar surface area (TPSA) is 76.1 Å². The first-order chi connectivity index (χ1) is 9.63. The molecule has 2 rings (SSSR count). The maximum absolute atomic E-state index is 11.3. The number of rotatable bonds is 4. The van der Waals surface area contributed by atoms with Gasteiger partial charge in [0.15, 0.2) is 0 Å². The van der Waals surface area contributed by atoms with Gasteiger partial charge in [-0.2, -0.15) is 5.26 Å². The van der Waals surface area contributed by atoms with Gasteiger partial charge in [-0.1, -0.05) is 12.1 Å². The van der Waals surface area contributed by atoms with E-state index < -0.39 is 12.0 Å². The van der Waals surface area contributed by atoms with Crippen LogP contribution in [0, 0.1) is 11.3 Å². The molecule has 0 aliphatic heterocycles. The van der Waals surface area contributed by atoms with Gasteiger partial charge in [0.1, 0.15) is 6.04 Å². The van der Waals surface area contributed by atoms with Crippen LogP contribution >= 0.6 is 23.7 Å². The molecule has 6 heteroatoms. The minimum absolute atomic E-state index is 0. The standard InChI is InChI=1S/C15H14N2O2S.ClH/c1-19-15(18)13(17)8-12-6-7-14(20-12)11-4-2-10(9-16)3-5-11;/h2-7,13H,8,17H2,1H3;1H/t13-;/m0./s1. The van der Waals surface area contributed by atoms with E-state index in [0.29, 0.717) is 12.0 Å². The summed E-state index contributed by atoms with van der Waals surface area (Å²) in [5.41, 5.74) is 7.43. The second-order valence-electron chi connectivity index (χ2n) is 4.29. The lowest BCUT2D eigenvalue weighted by molar-refractivity contribution is -0.142. The second kappa shape index (κ2) is 7.79. The van der Waals surface area contributed by atoms with Gasteiger partial charge in [0.2, 0.25) is 0 Å². The number of nitrogens with two attached hydrogens (primary N) is 1. The van der Waals surface area contributed by atoms with E-state index >= 15 is 0 Å². The number of halogens is 1. The Labute approximate surface area is 133 Å². The summed E-state index contributed by atoms with van der Waals surface area (Å²) in [6.07, 6.45) is 0.466. The molecular formula is C15H15ClN2O2S. The number of nitrogens with zero attached hydrogens (tertiary/aromatic N) is 1. The van der Waals surface area contributed by atoms with Crippen molar-refractivity contribution >= 4 is 29.7 Å². The van der Waals surface area contributed by atoms with Gasteiger partial charge in [-0.3, -0.25) is 4.79 Å². The highest BCUT2D eigenvalue weighted by Crippen LogP contribution is 2.28. The van der Waals surface area contributed by atoms with Gasteiger partial charge >= 0.3 is 5.97 Å². The highest BCUT2D eigenvalue weighted by Gasteiger charge is 2.15. The van der Waals surface area contributed by atoms with E-state index in [-0.39, 0.29) is 12.4 Å². The number of hydrogen-bond donors (Lipinski definition) is 1. The van der Waals surface area contributed by atoms with Gasteiger partial charge in [0.05, 0.1) is 18.7 Å². The van der Waals surface area contributed by atoms with Crippen molar-refractivity contribution in [1.82, 2.24) is 0 Å². The molecule has 0 spiro atoms. The maximum Gasteiger partial charge on any atom is 0.323 e. The summed E-state index contributed by atoms with van der Waals surface area (Å²) in [7, 11) is 1.33. The van der Waals surface area contributed by atoms with Crippen molar-refractivity contribution in [1.29, 1.82) is 5.26 Å². The Morgan fingerprint density at radius 1 is 1.33 bits per heavy atom. The molecule has 0 saturated heterocycles. The molecule has 2 N–H and O–H groups in total. The SMILES string of the molecule is COC(=O)[C@@H](N)Cc1ccc(-c2ccc(C#N)cc2)s1.Cl. The number of hydrogen-bond acceptors (Lipinski definition) is 5. The smallest absolute Gasteiger partial charge is 0.323 e. The highest BCUT2D eigenvalue weighted by molar-refractivity contribution is 7.15. The van der Waals surface area contributed by atoms with Gasteiger partial charge in [-0.05, 0) is 29.8 Å². The van der Waals surface area contributed by atoms with E-state index in [2.05, 4.69) is 10.8 Å². The summed E-state index contributed by atoms with van der Waals surface area (Å²) in [4.78, 5) is 13.4. The molecule has 4 nitrogen and oxygen atoms in total. The lowest BCUT2D eigenvalue weighted by Crippen LogP contribution is -2.33. The van der Waals surface area contributed by atoms with Crippen LogP contribution in [0.25, 0.3) is 10.4 Å². The van der Waals surface area contributed by atoms with Crippen LogP contribution < -0.4 is 5.73 Å². The molecule has 0 aliphatic carbocycles. The predicted octanol–water partition coefficient (Wildman–Crippen LogP) is 2.75. The zero-order chi connectivity index (χ0) is 14.5. The largest absolute Gasteiger partial charge is 0.468 e. The fourth-order valence-corrected chi connectivity index (χ4v) is 2.87. The number of thiophene rings is 1. The summed E-state index contributed by atoms with van der Waals surface area (Å²) in [5.74, 6) is -0.404. The second-order valence-corrected chi connectivity index (χ2v) is 5.46. The third-order valence-electron chi connectivity index (χ3n) is 2.89. The molecule has 1 heterocycles. The molecule has 0 saturated carbocycles. The van der Waals surface area contributed by atoms with Crippen LogP contribution in [0.1, 0.15) is 10.4 Å². The Hall–Kier alpha value is -1.87. The number of carbonyl (C=O) groups is 1. The van der Waals surface area contributed by atoms with Gasteiger partial charge < -0.3 is 10.5 Å². The highest BCUT2D eigenvalue weighted by atomic mass is 35.5. The normalized spacial score (nSPS) is 11.1. The quantitative estimate of drug-likeness (QED) is 0.878. The van der Waals surface area contributed by atoms with Crippen molar-refractivity contribution < 1.29 is 9.53 Å². The van der Waals surface area contributed by atoms with E-state index in [1.807, 2.05) is 24.3 Å². The first-order valence-electron chi connectivity index (χ1n) is 6.06. The summed E-state index contributed by atoms with van der Waals surface area (Å²) < 4.78 is 4.61. The van der Waals surface area contributed by atoms with Crippen molar-refractivity contribution in [2.24, 2.45) is 5.73 Å². The third-order valence-corrected chi connectivity index (χ3v) is 4.04. The Bertz CT molecular complexity index is 646. The van der Waals surface area contributed by atoms with Crippen LogP contribution in [0.15, 0.2) is 36.4 Å². The Kier molecular flexibility index (Phi) is 6.38. The van der Waals surface area contributed by atoms with Gasteiger partial charge in [-0.15, -0.1) is 23.7 Å². The summed E-state index contributed by atoms with van der Waals surface area (Å²) >= 11 is 1.58. The minimum Gasteiger partial charge on any atom is -0.468 e. The molecule has 0 fully saturated rings. The van der Waals surface area contributed by atoms with E-state index in [1.165, 1.54) is 7.11 Å². The third kappa shape index (κ3) is 4.30. The van der Waals surface area contributed by atoms with Crippen molar-refractivity contribution in [3.8, 4) is 16.5 Å². The first kappa shape index (κ1) is 17.2. The Morgan fingerprint density at radius 3 is 2.57 bits per heavy atom. The van der Waals surface area contributed by atoms with Crippen LogP contribution in [-0.2, 0) is 16.0 Å². The Balaban J connectivity index is 0.00000220. The van der Waals surface area contributed by atoms with Crippen LogP contribution in [-0.4, -0.2) is 19.1 Å². The molecule has 21 heavy (non-hydrogen) atoms.